The third-order valence-corrected chi connectivity index (χ3v) is 2.62. The molecular formula is C9H10BrN3O. The fourth-order valence-electron chi connectivity index (χ4n) is 1.17. The van der Waals surface area contributed by atoms with E-state index in [9.17, 15) is 4.79 Å². The van der Waals surface area contributed by atoms with Crippen LogP contribution in [0.4, 0.5) is 5.69 Å². The Kier molecular flexibility index (Phi) is 2.79. The molecule has 1 aliphatic heterocycles. The van der Waals surface area contributed by atoms with Crippen molar-refractivity contribution in [1.29, 1.82) is 0 Å². The lowest BCUT2D eigenvalue weighted by Gasteiger charge is -2.25. The molecule has 1 amide bonds. The van der Waals surface area contributed by atoms with E-state index in [4.69, 9.17) is 0 Å². The van der Waals surface area contributed by atoms with Gasteiger partial charge in [0.05, 0.1) is 17.8 Å². The van der Waals surface area contributed by atoms with Crippen molar-refractivity contribution in [3.63, 3.8) is 0 Å². The fraction of sp³-hybridized carbons (Fsp3) is 0.333. The molecular weight excluding hydrogens is 246 g/mol. The van der Waals surface area contributed by atoms with Gasteiger partial charge in [-0.15, -0.1) is 0 Å². The van der Waals surface area contributed by atoms with Crippen molar-refractivity contribution in [2.24, 2.45) is 5.92 Å². The minimum atomic E-state index is 0.0628. The lowest BCUT2D eigenvalue weighted by molar-refractivity contribution is -0.121. The van der Waals surface area contributed by atoms with Crippen molar-refractivity contribution in [2.45, 2.75) is 0 Å². The maximum Gasteiger partial charge on any atom is 0.230 e. The van der Waals surface area contributed by atoms with Crippen LogP contribution in [0.2, 0.25) is 0 Å². The van der Waals surface area contributed by atoms with Gasteiger partial charge in [0.25, 0.3) is 0 Å². The highest BCUT2D eigenvalue weighted by molar-refractivity contribution is 9.10. The summed E-state index contributed by atoms with van der Waals surface area (Å²) in [7, 11) is 0. The number of anilines is 1. The summed E-state index contributed by atoms with van der Waals surface area (Å²) >= 11 is 3.23. The molecule has 0 atom stereocenters. The second-order valence-electron chi connectivity index (χ2n) is 3.21. The first kappa shape index (κ1) is 9.61. The second kappa shape index (κ2) is 4.06. The summed E-state index contributed by atoms with van der Waals surface area (Å²) in [4.78, 5) is 15.5. The molecule has 2 rings (SSSR count). The van der Waals surface area contributed by atoms with Gasteiger partial charge in [-0.2, -0.15) is 0 Å². The summed E-state index contributed by atoms with van der Waals surface area (Å²) in [5, 5.41) is 5.86. The van der Waals surface area contributed by atoms with Gasteiger partial charge in [0.1, 0.15) is 4.60 Å². The molecule has 4 nitrogen and oxygen atoms in total. The number of pyridine rings is 1. The van der Waals surface area contributed by atoms with Crippen LogP contribution in [-0.4, -0.2) is 24.0 Å². The zero-order valence-electron chi connectivity index (χ0n) is 7.46. The topological polar surface area (TPSA) is 54.0 Å². The molecule has 2 heterocycles. The van der Waals surface area contributed by atoms with Crippen LogP contribution in [0.25, 0.3) is 0 Å². The first-order chi connectivity index (χ1) is 6.75. The van der Waals surface area contributed by atoms with E-state index in [1.807, 2.05) is 6.07 Å². The van der Waals surface area contributed by atoms with E-state index in [-0.39, 0.29) is 11.8 Å². The Labute approximate surface area is 90.2 Å². The van der Waals surface area contributed by atoms with Gasteiger partial charge in [-0.05, 0) is 28.1 Å². The standard InChI is InChI=1S/C9H10BrN3O/c10-8-2-1-7(5-12-8)13-9(14)6-3-11-4-6/h1-2,5-6,11H,3-4H2,(H,13,14). The van der Waals surface area contributed by atoms with Gasteiger partial charge >= 0.3 is 0 Å². The third kappa shape index (κ3) is 2.10. The third-order valence-electron chi connectivity index (χ3n) is 2.15. The molecule has 14 heavy (non-hydrogen) atoms. The molecule has 1 fully saturated rings. The molecule has 0 aliphatic carbocycles. The average Bonchev–Trinajstić information content (AvgIpc) is 2.06. The van der Waals surface area contributed by atoms with Crippen molar-refractivity contribution >= 4 is 27.5 Å². The van der Waals surface area contributed by atoms with Gasteiger partial charge in [-0.1, -0.05) is 0 Å². The SMILES string of the molecule is O=C(Nc1ccc(Br)nc1)C1CNC1. The van der Waals surface area contributed by atoms with Crippen molar-refractivity contribution in [3.8, 4) is 0 Å². The summed E-state index contributed by atoms with van der Waals surface area (Å²) in [5.74, 6) is 0.173. The number of aromatic nitrogens is 1. The summed E-state index contributed by atoms with van der Waals surface area (Å²) in [6.45, 7) is 1.55. The van der Waals surface area contributed by atoms with E-state index >= 15 is 0 Å². The molecule has 0 unspecified atom stereocenters. The Morgan fingerprint density at radius 2 is 2.36 bits per heavy atom. The van der Waals surface area contributed by atoms with E-state index in [0.29, 0.717) is 0 Å². The number of rotatable bonds is 2. The molecule has 1 saturated heterocycles. The van der Waals surface area contributed by atoms with Crippen LogP contribution < -0.4 is 10.6 Å². The predicted molar refractivity (Wildman–Crippen MR) is 56.9 cm³/mol. The Morgan fingerprint density at radius 1 is 1.57 bits per heavy atom. The van der Waals surface area contributed by atoms with Gasteiger partial charge in [-0.25, -0.2) is 4.98 Å². The smallest absolute Gasteiger partial charge is 0.230 e. The van der Waals surface area contributed by atoms with Crippen molar-refractivity contribution in [1.82, 2.24) is 10.3 Å². The van der Waals surface area contributed by atoms with Crippen LogP contribution in [0.1, 0.15) is 0 Å². The van der Waals surface area contributed by atoms with Crippen LogP contribution in [0.15, 0.2) is 22.9 Å². The van der Waals surface area contributed by atoms with Crippen molar-refractivity contribution in [3.05, 3.63) is 22.9 Å². The number of nitrogens with one attached hydrogen (secondary N) is 2. The number of halogens is 1. The molecule has 1 aliphatic rings. The molecule has 5 heteroatoms. The zero-order chi connectivity index (χ0) is 9.97. The van der Waals surface area contributed by atoms with E-state index < -0.39 is 0 Å². The first-order valence-electron chi connectivity index (χ1n) is 4.39. The molecule has 0 saturated carbocycles. The molecule has 2 N–H and O–H groups in total. The largest absolute Gasteiger partial charge is 0.324 e. The lowest BCUT2D eigenvalue weighted by Crippen LogP contribution is -2.48. The fourth-order valence-corrected chi connectivity index (χ4v) is 1.40. The Hall–Kier alpha value is -0.940. The van der Waals surface area contributed by atoms with Gasteiger partial charge in [0.15, 0.2) is 0 Å². The maximum absolute atomic E-state index is 11.5. The van der Waals surface area contributed by atoms with Gasteiger partial charge in [-0.3, -0.25) is 4.79 Å². The van der Waals surface area contributed by atoms with E-state index in [0.717, 1.165) is 23.4 Å². The van der Waals surface area contributed by atoms with Gasteiger partial charge in [0, 0.05) is 13.1 Å². The van der Waals surface area contributed by atoms with Crippen LogP contribution in [0, 0.1) is 5.92 Å². The van der Waals surface area contributed by atoms with E-state index in [1.165, 1.54) is 0 Å². The molecule has 0 radical (unpaired) electrons. The summed E-state index contributed by atoms with van der Waals surface area (Å²) in [5.41, 5.74) is 0.741. The maximum atomic E-state index is 11.5. The van der Waals surface area contributed by atoms with E-state index in [2.05, 4.69) is 31.5 Å². The normalized spacial score (nSPS) is 16.1. The minimum absolute atomic E-state index is 0.0628. The number of amides is 1. The summed E-state index contributed by atoms with van der Waals surface area (Å²) < 4.78 is 0.765. The van der Waals surface area contributed by atoms with Crippen LogP contribution in [-0.2, 0) is 4.79 Å². The van der Waals surface area contributed by atoms with Crippen LogP contribution in [0.5, 0.6) is 0 Å². The minimum Gasteiger partial charge on any atom is -0.324 e. The molecule has 1 aromatic rings. The van der Waals surface area contributed by atoms with Crippen molar-refractivity contribution in [2.75, 3.05) is 18.4 Å². The molecule has 74 valence electrons. The predicted octanol–water partition coefficient (Wildman–Crippen LogP) is 1.00. The number of hydrogen-bond acceptors (Lipinski definition) is 3. The Bertz CT molecular complexity index is 334. The molecule has 0 aromatic carbocycles. The number of hydrogen-bond donors (Lipinski definition) is 2. The molecule has 0 spiro atoms. The quantitative estimate of drug-likeness (QED) is 0.776. The number of carbonyl (C=O) groups is 1. The monoisotopic (exact) mass is 255 g/mol. The number of nitrogens with zero attached hydrogens (tertiary/aromatic N) is 1. The summed E-state index contributed by atoms with van der Waals surface area (Å²) in [6, 6.07) is 3.62. The highest BCUT2D eigenvalue weighted by Gasteiger charge is 2.24. The van der Waals surface area contributed by atoms with Crippen molar-refractivity contribution < 1.29 is 4.79 Å². The van der Waals surface area contributed by atoms with E-state index in [1.54, 1.807) is 12.3 Å². The lowest BCUT2D eigenvalue weighted by atomic mass is 10.0. The zero-order valence-corrected chi connectivity index (χ0v) is 9.04. The van der Waals surface area contributed by atoms with Gasteiger partial charge < -0.3 is 10.6 Å². The second-order valence-corrected chi connectivity index (χ2v) is 4.03. The summed E-state index contributed by atoms with van der Waals surface area (Å²) in [6.07, 6.45) is 1.63. The Balaban J connectivity index is 1.96. The highest BCUT2D eigenvalue weighted by Crippen LogP contribution is 2.12. The van der Waals surface area contributed by atoms with Crippen LogP contribution in [0.3, 0.4) is 0 Å². The number of carbonyl (C=O) groups excluding carboxylic acids is 1. The highest BCUT2D eigenvalue weighted by atomic mass is 79.9. The Morgan fingerprint density at radius 3 is 2.86 bits per heavy atom. The molecule has 0 bridgehead atoms. The molecule has 1 aromatic heterocycles. The van der Waals surface area contributed by atoms with Gasteiger partial charge in [0.2, 0.25) is 5.91 Å². The van der Waals surface area contributed by atoms with Crippen LogP contribution >= 0.6 is 15.9 Å². The first-order valence-corrected chi connectivity index (χ1v) is 5.18. The average molecular weight is 256 g/mol.